The van der Waals surface area contributed by atoms with Gasteiger partial charge in [-0.15, -0.1) is 24.0 Å². The molecular formula is C19H30IN5O3. The van der Waals surface area contributed by atoms with Crippen molar-refractivity contribution < 1.29 is 14.0 Å². The molecule has 0 fully saturated rings. The minimum atomic E-state index is 0. The summed E-state index contributed by atoms with van der Waals surface area (Å²) >= 11 is 0. The second-order valence-corrected chi connectivity index (χ2v) is 5.83. The predicted octanol–water partition coefficient (Wildman–Crippen LogP) is 2.70. The lowest BCUT2D eigenvalue weighted by Gasteiger charge is -2.14. The van der Waals surface area contributed by atoms with E-state index in [9.17, 15) is 0 Å². The normalized spacial score (nSPS) is 11.1. The van der Waals surface area contributed by atoms with E-state index < -0.39 is 0 Å². The standard InChI is InChI=1S/C19H29N5O3.HI/c1-5-16-15(17(6-2)27-24-16)13-23-19(20-3)22-12-14-8-7-9-21-18(14)26-11-10-25-4;/h7-9H,5-6,10-13H2,1-4H3,(H2,20,22,23);1H. The monoisotopic (exact) mass is 503 g/mol. The maximum Gasteiger partial charge on any atom is 0.218 e. The molecule has 0 saturated heterocycles. The molecule has 2 N–H and O–H groups in total. The lowest BCUT2D eigenvalue weighted by atomic mass is 10.1. The number of aromatic nitrogens is 2. The maximum absolute atomic E-state index is 5.67. The molecule has 2 aromatic rings. The molecule has 0 aliphatic heterocycles. The van der Waals surface area contributed by atoms with Crippen LogP contribution in [0.4, 0.5) is 0 Å². The van der Waals surface area contributed by atoms with Crippen molar-refractivity contribution in [1.29, 1.82) is 0 Å². The first-order chi connectivity index (χ1) is 13.2. The molecule has 0 aliphatic carbocycles. The first-order valence-corrected chi connectivity index (χ1v) is 9.19. The van der Waals surface area contributed by atoms with Crippen molar-refractivity contribution in [3.63, 3.8) is 0 Å². The van der Waals surface area contributed by atoms with Gasteiger partial charge < -0.3 is 24.6 Å². The molecule has 0 atom stereocenters. The van der Waals surface area contributed by atoms with Gasteiger partial charge in [-0.3, -0.25) is 4.99 Å². The number of aryl methyl sites for hydroxylation is 2. The van der Waals surface area contributed by atoms with Crippen molar-refractivity contribution in [2.45, 2.75) is 39.8 Å². The summed E-state index contributed by atoms with van der Waals surface area (Å²) in [6.45, 7) is 6.26. The number of guanidine groups is 1. The summed E-state index contributed by atoms with van der Waals surface area (Å²) in [7, 11) is 3.38. The average Bonchev–Trinajstić information content (AvgIpc) is 3.11. The molecule has 2 heterocycles. The van der Waals surface area contributed by atoms with Gasteiger partial charge in [0.05, 0.1) is 12.3 Å². The minimum Gasteiger partial charge on any atom is -0.475 e. The van der Waals surface area contributed by atoms with Crippen molar-refractivity contribution >= 4 is 29.9 Å². The first kappa shape index (κ1) is 24.2. The summed E-state index contributed by atoms with van der Waals surface area (Å²) in [6.07, 6.45) is 3.36. The van der Waals surface area contributed by atoms with Crippen LogP contribution in [0.15, 0.2) is 27.8 Å². The van der Waals surface area contributed by atoms with Crippen molar-refractivity contribution in [2.75, 3.05) is 27.4 Å². The minimum absolute atomic E-state index is 0. The molecule has 9 heteroatoms. The number of hydrogen-bond donors (Lipinski definition) is 2. The van der Waals surface area contributed by atoms with E-state index in [1.807, 2.05) is 12.1 Å². The van der Waals surface area contributed by atoms with Crippen LogP contribution < -0.4 is 15.4 Å². The van der Waals surface area contributed by atoms with Crippen molar-refractivity contribution in [1.82, 2.24) is 20.8 Å². The van der Waals surface area contributed by atoms with Crippen LogP contribution in [0.5, 0.6) is 5.88 Å². The number of methoxy groups -OCH3 is 1. The summed E-state index contributed by atoms with van der Waals surface area (Å²) in [5, 5.41) is 10.8. The molecule has 0 saturated carbocycles. The number of pyridine rings is 1. The maximum atomic E-state index is 5.67. The highest BCUT2D eigenvalue weighted by molar-refractivity contribution is 14.0. The Balaban J connectivity index is 0.00000392. The van der Waals surface area contributed by atoms with Gasteiger partial charge >= 0.3 is 0 Å². The number of aliphatic imine (C=N–C) groups is 1. The van der Waals surface area contributed by atoms with E-state index in [0.717, 1.165) is 35.4 Å². The molecule has 156 valence electrons. The number of nitrogens with one attached hydrogen (secondary N) is 2. The van der Waals surface area contributed by atoms with E-state index in [1.54, 1.807) is 20.4 Å². The Kier molecular flexibility index (Phi) is 11.5. The summed E-state index contributed by atoms with van der Waals surface area (Å²) in [5.41, 5.74) is 3.04. The Hall–Kier alpha value is -1.88. The molecule has 0 spiro atoms. The smallest absolute Gasteiger partial charge is 0.218 e. The zero-order valence-electron chi connectivity index (χ0n) is 16.9. The average molecular weight is 503 g/mol. The van der Waals surface area contributed by atoms with Crippen molar-refractivity contribution in [3.8, 4) is 5.88 Å². The SMILES string of the molecule is CCc1noc(CC)c1CNC(=NC)NCc1cccnc1OCCOC.I. The van der Waals surface area contributed by atoms with Crippen LogP contribution in [0.25, 0.3) is 0 Å². The lowest BCUT2D eigenvalue weighted by molar-refractivity contribution is 0.143. The zero-order valence-corrected chi connectivity index (χ0v) is 19.3. The van der Waals surface area contributed by atoms with Crippen LogP contribution in [-0.2, 0) is 30.7 Å². The third-order valence-electron chi connectivity index (χ3n) is 4.09. The quantitative estimate of drug-likeness (QED) is 0.223. The van der Waals surface area contributed by atoms with Gasteiger partial charge in [0.25, 0.3) is 0 Å². The fourth-order valence-corrected chi connectivity index (χ4v) is 2.62. The van der Waals surface area contributed by atoms with E-state index in [1.165, 1.54) is 0 Å². The second-order valence-electron chi connectivity index (χ2n) is 5.83. The van der Waals surface area contributed by atoms with Gasteiger partial charge in [0.2, 0.25) is 5.88 Å². The predicted molar refractivity (Wildman–Crippen MR) is 119 cm³/mol. The van der Waals surface area contributed by atoms with Crippen LogP contribution in [0.1, 0.15) is 36.4 Å². The topological polar surface area (TPSA) is 93.8 Å². The zero-order chi connectivity index (χ0) is 19.5. The highest BCUT2D eigenvalue weighted by Gasteiger charge is 2.14. The fraction of sp³-hybridized carbons (Fsp3) is 0.526. The summed E-state index contributed by atoms with van der Waals surface area (Å²) < 4.78 is 16.1. The van der Waals surface area contributed by atoms with E-state index >= 15 is 0 Å². The molecular weight excluding hydrogens is 473 g/mol. The molecule has 0 amide bonds. The molecule has 0 aromatic carbocycles. The van der Waals surface area contributed by atoms with Gasteiger partial charge in [-0.25, -0.2) is 4.98 Å². The molecule has 0 unspecified atom stereocenters. The molecule has 2 rings (SSSR count). The summed E-state index contributed by atoms with van der Waals surface area (Å²) in [4.78, 5) is 8.57. The third-order valence-corrected chi connectivity index (χ3v) is 4.09. The van der Waals surface area contributed by atoms with Crippen LogP contribution in [0.2, 0.25) is 0 Å². The van der Waals surface area contributed by atoms with Gasteiger partial charge in [-0.1, -0.05) is 25.1 Å². The van der Waals surface area contributed by atoms with Crippen LogP contribution >= 0.6 is 24.0 Å². The van der Waals surface area contributed by atoms with Gasteiger partial charge in [-0.05, 0) is 12.5 Å². The number of rotatable bonds is 10. The van der Waals surface area contributed by atoms with Crippen LogP contribution in [0, 0.1) is 0 Å². The highest BCUT2D eigenvalue weighted by atomic mass is 127. The largest absolute Gasteiger partial charge is 0.475 e. The summed E-state index contributed by atoms with van der Waals surface area (Å²) in [5.74, 6) is 2.20. The highest BCUT2D eigenvalue weighted by Crippen LogP contribution is 2.16. The van der Waals surface area contributed by atoms with E-state index in [-0.39, 0.29) is 24.0 Å². The Morgan fingerprint density at radius 2 is 1.96 bits per heavy atom. The Morgan fingerprint density at radius 3 is 2.64 bits per heavy atom. The number of halogens is 1. The number of nitrogens with zero attached hydrogens (tertiary/aromatic N) is 3. The number of ether oxygens (including phenoxy) is 2. The molecule has 8 nitrogen and oxygen atoms in total. The van der Waals surface area contributed by atoms with Gasteiger partial charge in [0.1, 0.15) is 12.4 Å². The van der Waals surface area contributed by atoms with Gasteiger partial charge in [0.15, 0.2) is 5.96 Å². The van der Waals surface area contributed by atoms with Crippen LogP contribution in [0.3, 0.4) is 0 Å². The van der Waals surface area contributed by atoms with Crippen molar-refractivity contribution in [3.05, 3.63) is 40.9 Å². The Morgan fingerprint density at radius 1 is 1.18 bits per heavy atom. The first-order valence-electron chi connectivity index (χ1n) is 9.19. The van der Waals surface area contributed by atoms with Gasteiger partial charge in [0, 0.05) is 51.0 Å². The summed E-state index contributed by atoms with van der Waals surface area (Å²) in [6, 6.07) is 3.86. The Bertz CT molecular complexity index is 715. The van der Waals surface area contributed by atoms with E-state index in [0.29, 0.717) is 38.1 Å². The molecule has 28 heavy (non-hydrogen) atoms. The van der Waals surface area contributed by atoms with Crippen molar-refractivity contribution in [2.24, 2.45) is 4.99 Å². The third kappa shape index (κ3) is 6.93. The lowest BCUT2D eigenvalue weighted by Crippen LogP contribution is -2.36. The molecule has 0 aliphatic rings. The van der Waals surface area contributed by atoms with Crippen LogP contribution in [-0.4, -0.2) is 43.5 Å². The number of hydrogen-bond acceptors (Lipinski definition) is 6. The second kappa shape index (κ2) is 13.3. The van der Waals surface area contributed by atoms with E-state index in [4.69, 9.17) is 14.0 Å². The molecule has 0 radical (unpaired) electrons. The van der Waals surface area contributed by atoms with Gasteiger partial charge in [-0.2, -0.15) is 0 Å². The Labute approximate surface area is 183 Å². The molecule has 2 aromatic heterocycles. The molecule has 0 bridgehead atoms. The fourth-order valence-electron chi connectivity index (χ4n) is 2.62. The van der Waals surface area contributed by atoms with E-state index in [2.05, 4.69) is 39.6 Å².